The van der Waals surface area contributed by atoms with Gasteiger partial charge in [-0.05, 0) is 38.5 Å². The van der Waals surface area contributed by atoms with Crippen LogP contribution in [0.25, 0.3) is 0 Å². The summed E-state index contributed by atoms with van der Waals surface area (Å²) in [5.41, 5.74) is 0.913. The second-order valence-electron chi connectivity index (χ2n) is 7.38. The molecule has 0 radical (unpaired) electrons. The van der Waals surface area contributed by atoms with Gasteiger partial charge < -0.3 is 15.5 Å². The third-order valence-electron chi connectivity index (χ3n) is 4.60. The first-order valence-corrected chi connectivity index (χ1v) is 9.29. The van der Waals surface area contributed by atoms with Gasteiger partial charge in [0, 0.05) is 25.2 Å². The van der Waals surface area contributed by atoms with Gasteiger partial charge in [0.2, 0.25) is 5.91 Å². The molecule has 3 rings (SSSR count). The molecule has 0 saturated carbocycles. The first-order chi connectivity index (χ1) is 13.3. The Kier molecular flexibility index (Phi) is 6.03. The molecule has 1 fully saturated rings. The summed E-state index contributed by atoms with van der Waals surface area (Å²) in [5, 5.41) is 14.4. The third-order valence-corrected chi connectivity index (χ3v) is 4.60. The molecule has 2 amide bonds. The standard InChI is InChI=1S/C19H25FN6O2/c1-12(2)22-18(27)17-8-16(9-21-17)26-11-15(23-24-26)10-25(3)19(28)13-5-4-6-14(20)7-13/h4-7,11-12,16-17,21H,8-10H2,1-3H3,(H,22,27)/t16-,17+/m1/s1. The highest BCUT2D eigenvalue weighted by atomic mass is 19.1. The van der Waals surface area contributed by atoms with Crippen LogP contribution in [0.5, 0.6) is 0 Å². The summed E-state index contributed by atoms with van der Waals surface area (Å²) in [6.07, 6.45) is 2.41. The smallest absolute Gasteiger partial charge is 0.254 e. The highest BCUT2D eigenvalue weighted by Gasteiger charge is 2.31. The van der Waals surface area contributed by atoms with Crippen LogP contribution in [0.3, 0.4) is 0 Å². The Morgan fingerprint density at radius 2 is 2.21 bits per heavy atom. The van der Waals surface area contributed by atoms with Crippen molar-refractivity contribution < 1.29 is 14.0 Å². The monoisotopic (exact) mass is 388 g/mol. The highest BCUT2D eigenvalue weighted by molar-refractivity contribution is 5.93. The Morgan fingerprint density at radius 1 is 1.43 bits per heavy atom. The molecule has 2 atom stereocenters. The lowest BCUT2D eigenvalue weighted by atomic mass is 10.1. The number of carbonyl (C=O) groups is 2. The van der Waals surface area contributed by atoms with Gasteiger partial charge in [-0.15, -0.1) is 5.10 Å². The first kappa shape index (κ1) is 19.9. The van der Waals surface area contributed by atoms with Crippen LogP contribution < -0.4 is 10.6 Å². The normalized spacial score (nSPS) is 19.0. The first-order valence-electron chi connectivity index (χ1n) is 9.29. The number of hydrogen-bond donors (Lipinski definition) is 2. The molecule has 0 unspecified atom stereocenters. The summed E-state index contributed by atoms with van der Waals surface area (Å²) in [5.74, 6) is -0.754. The van der Waals surface area contributed by atoms with Gasteiger partial charge in [0.05, 0.1) is 24.8 Å². The zero-order valence-electron chi connectivity index (χ0n) is 16.2. The number of nitrogens with one attached hydrogen (secondary N) is 2. The van der Waals surface area contributed by atoms with Gasteiger partial charge in [0.15, 0.2) is 0 Å². The van der Waals surface area contributed by atoms with Crippen molar-refractivity contribution in [2.75, 3.05) is 13.6 Å². The Labute approximate surface area is 163 Å². The van der Waals surface area contributed by atoms with E-state index in [1.807, 2.05) is 13.8 Å². The minimum Gasteiger partial charge on any atom is -0.353 e. The van der Waals surface area contributed by atoms with Gasteiger partial charge in [-0.2, -0.15) is 0 Å². The SMILES string of the molecule is CC(C)NC(=O)[C@@H]1C[C@@H](n2cc(CN(C)C(=O)c3cccc(F)c3)nn2)CN1. The molecule has 1 aromatic carbocycles. The molecule has 0 spiro atoms. The molecule has 2 heterocycles. The molecule has 0 bridgehead atoms. The lowest BCUT2D eigenvalue weighted by Gasteiger charge is -2.15. The van der Waals surface area contributed by atoms with Gasteiger partial charge in [-0.25, -0.2) is 9.07 Å². The maximum absolute atomic E-state index is 13.3. The zero-order valence-corrected chi connectivity index (χ0v) is 16.2. The van der Waals surface area contributed by atoms with Crippen LogP contribution in [0.15, 0.2) is 30.5 Å². The molecule has 1 saturated heterocycles. The van der Waals surface area contributed by atoms with E-state index in [0.29, 0.717) is 18.7 Å². The number of hydrogen-bond acceptors (Lipinski definition) is 5. The zero-order chi connectivity index (χ0) is 20.3. The fraction of sp³-hybridized carbons (Fsp3) is 0.474. The predicted octanol–water partition coefficient (Wildman–Crippen LogP) is 1.12. The average molecular weight is 388 g/mol. The summed E-state index contributed by atoms with van der Waals surface area (Å²) < 4.78 is 15.0. The third kappa shape index (κ3) is 4.72. The summed E-state index contributed by atoms with van der Waals surface area (Å²) in [4.78, 5) is 26.0. The van der Waals surface area contributed by atoms with Gasteiger partial charge in [-0.3, -0.25) is 9.59 Å². The van der Waals surface area contributed by atoms with E-state index in [1.165, 1.54) is 23.1 Å². The Hall–Kier alpha value is -2.81. The van der Waals surface area contributed by atoms with E-state index in [4.69, 9.17) is 0 Å². The lowest BCUT2D eigenvalue weighted by Crippen LogP contribution is -2.43. The minimum atomic E-state index is -0.449. The fourth-order valence-electron chi connectivity index (χ4n) is 3.22. The number of halogens is 1. The van der Waals surface area contributed by atoms with Crippen molar-refractivity contribution in [1.82, 2.24) is 30.5 Å². The number of nitrogens with zero attached hydrogens (tertiary/aromatic N) is 4. The van der Waals surface area contributed by atoms with E-state index in [-0.39, 0.29) is 42.0 Å². The van der Waals surface area contributed by atoms with E-state index in [0.717, 1.165) is 0 Å². The van der Waals surface area contributed by atoms with Crippen LogP contribution in [0.4, 0.5) is 4.39 Å². The second-order valence-corrected chi connectivity index (χ2v) is 7.38. The Bertz CT molecular complexity index is 852. The number of amides is 2. The van der Waals surface area contributed by atoms with Crippen LogP contribution in [-0.4, -0.2) is 57.4 Å². The summed E-state index contributed by atoms with van der Waals surface area (Å²) >= 11 is 0. The van der Waals surface area contributed by atoms with Crippen molar-refractivity contribution in [3.05, 3.63) is 47.5 Å². The second kappa shape index (κ2) is 8.47. The van der Waals surface area contributed by atoms with Crippen LogP contribution in [0.1, 0.15) is 42.4 Å². The molecular formula is C19H25FN6O2. The van der Waals surface area contributed by atoms with Crippen molar-refractivity contribution in [3.8, 4) is 0 Å². The maximum Gasteiger partial charge on any atom is 0.254 e. The molecule has 1 aliphatic heterocycles. The minimum absolute atomic E-state index is 0.0155. The largest absolute Gasteiger partial charge is 0.353 e. The van der Waals surface area contributed by atoms with Crippen molar-refractivity contribution in [3.63, 3.8) is 0 Å². The molecular weight excluding hydrogens is 363 g/mol. The van der Waals surface area contributed by atoms with E-state index in [9.17, 15) is 14.0 Å². The Balaban J connectivity index is 1.58. The predicted molar refractivity (Wildman–Crippen MR) is 101 cm³/mol. The van der Waals surface area contributed by atoms with Crippen molar-refractivity contribution in [1.29, 1.82) is 0 Å². The molecule has 150 valence electrons. The van der Waals surface area contributed by atoms with Crippen LogP contribution in [-0.2, 0) is 11.3 Å². The molecule has 9 heteroatoms. The molecule has 2 aromatic rings. The Morgan fingerprint density at radius 3 is 2.93 bits per heavy atom. The average Bonchev–Trinajstić information content (AvgIpc) is 3.29. The molecule has 8 nitrogen and oxygen atoms in total. The van der Waals surface area contributed by atoms with Crippen molar-refractivity contribution in [2.45, 2.75) is 44.9 Å². The van der Waals surface area contributed by atoms with Crippen LogP contribution in [0, 0.1) is 5.82 Å². The van der Waals surface area contributed by atoms with Gasteiger partial charge in [-0.1, -0.05) is 11.3 Å². The quantitative estimate of drug-likeness (QED) is 0.774. The van der Waals surface area contributed by atoms with Crippen molar-refractivity contribution in [2.24, 2.45) is 0 Å². The van der Waals surface area contributed by atoms with Gasteiger partial charge in [0.25, 0.3) is 5.91 Å². The van der Waals surface area contributed by atoms with E-state index in [2.05, 4.69) is 20.9 Å². The lowest BCUT2D eigenvalue weighted by molar-refractivity contribution is -0.123. The number of carbonyl (C=O) groups excluding carboxylic acids is 2. The number of rotatable bonds is 6. The molecule has 28 heavy (non-hydrogen) atoms. The topological polar surface area (TPSA) is 92.2 Å². The van der Waals surface area contributed by atoms with Crippen LogP contribution in [0.2, 0.25) is 0 Å². The summed E-state index contributed by atoms with van der Waals surface area (Å²) in [7, 11) is 1.63. The number of aromatic nitrogens is 3. The van der Waals surface area contributed by atoms with E-state index < -0.39 is 5.82 Å². The number of benzene rings is 1. The fourth-order valence-corrected chi connectivity index (χ4v) is 3.22. The van der Waals surface area contributed by atoms with Crippen molar-refractivity contribution >= 4 is 11.8 Å². The summed E-state index contributed by atoms with van der Waals surface area (Å²) in [6, 6.07) is 5.45. The highest BCUT2D eigenvalue weighted by Crippen LogP contribution is 2.19. The molecule has 1 aliphatic rings. The van der Waals surface area contributed by atoms with E-state index in [1.54, 1.807) is 24.0 Å². The summed E-state index contributed by atoms with van der Waals surface area (Å²) in [6.45, 7) is 4.73. The van der Waals surface area contributed by atoms with Gasteiger partial charge in [0.1, 0.15) is 11.5 Å². The van der Waals surface area contributed by atoms with Gasteiger partial charge >= 0.3 is 0 Å². The van der Waals surface area contributed by atoms with E-state index >= 15 is 0 Å². The molecule has 1 aromatic heterocycles. The molecule has 2 N–H and O–H groups in total. The van der Waals surface area contributed by atoms with Crippen LogP contribution >= 0.6 is 0 Å². The maximum atomic E-state index is 13.3. The molecule has 0 aliphatic carbocycles.